The highest BCUT2D eigenvalue weighted by Crippen LogP contribution is 2.44. The van der Waals surface area contributed by atoms with E-state index in [9.17, 15) is 24.3 Å². The van der Waals surface area contributed by atoms with Crippen LogP contribution in [0.2, 0.25) is 0 Å². The fourth-order valence-electron chi connectivity index (χ4n) is 6.36. The molecule has 3 saturated heterocycles. The van der Waals surface area contributed by atoms with Crippen LogP contribution in [-0.4, -0.2) is 94.5 Å². The Kier molecular flexibility index (Phi) is 9.88. The molecule has 13 nitrogen and oxygen atoms in total. The number of nitrogens with zero attached hydrogens (tertiary/aromatic N) is 4. The van der Waals surface area contributed by atoms with Crippen molar-refractivity contribution in [3.63, 3.8) is 0 Å². The number of carbonyl (C=O) groups excluding carboxylic acids is 2. The number of thioether (sulfide) groups is 2. The lowest BCUT2D eigenvalue weighted by atomic mass is 9.87. The van der Waals surface area contributed by atoms with Crippen molar-refractivity contribution in [2.75, 3.05) is 49.1 Å². The maximum absolute atomic E-state index is 13.4. The first-order valence-electron chi connectivity index (χ1n) is 16.0. The molecule has 3 atom stereocenters. The number of carbonyl (C=O) groups is 3. The summed E-state index contributed by atoms with van der Waals surface area (Å²) >= 11 is 5.25. The molecule has 258 valence electrons. The fraction of sp³-hybridized carbons (Fsp3) is 0.438. The van der Waals surface area contributed by atoms with Gasteiger partial charge in [0.1, 0.15) is 28.6 Å². The van der Waals surface area contributed by atoms with Crippen molar-refractivity contribution in [2.24, 2.45) is 10.6 Å². The largest absolute Gasteiger partial charge is 0.481 e. The molecule has 5 N–H and O–H groups in total. The monoisotopic (exact) mass is 741 g/mol. The smallest absolute Gasteiger partial charge is 0.316 e. The van der Waals surface area contributed by atoms with Gasteiger partial charge in [0.15, 0.2) is 16.3 Å². The number of oxime groups is 1. The van der Waals surface area contributed by atoms with Gasteiger partial charge in [0.05, 0.1) is 4.21 Å². The van der Waals surface area contributed by atoms with Crippen LogP contribution in [0.25, 0.3) is 10.1 Å². The number of nitrogens with one attached hydrogen (secondary N) is 2. The Morgan fingerprint density at radius 1 is 1.20 bits per heavy atom. The number of rotatable bonds is 10. The summed E-state index contributed by atoms with van der Waals surface area (Å²) in [6.07, 6.45) is 5.30. The highest BCUT2D eigenvalue weighted by molar-refractivity contribution is 8.04. The van der Waals surface area contributed by atoms with Crippen molar-refractivity contribution >= 4 is 90.6 Å². The molecule has 2 amide bonds. The van der Waals surface area contributed by atoms with Gasteiger partial charge in [0.2, 0.25) is 5.91 Å². The molecule has 49 heavy (non-hydrogen) atoms. The Morgan fingerprint density at radius 3 is 2.73 bits per heavy atom. The molecular weight excluding hydrogens is 707 g/mol. The number of carboxylic acid groups (broad SMARTS) is 1. The van der Waals surface area contributed by atoms with Crippen LogP contribution in [0.3, 0.4) is 0 Å². The molecular formula is C32H35N7O6S4. The van der Waals surface area contributed by atoms with E-state index in [1.54, 1.807) is 22.9 Å². The van der Waals surface area contributed by atoms with Crippen molar-refractivity contribution in [1.29, 1.82) is 0 Å². The van der Waals surface area contributed by atoms with Gasteiger partial charge in [-0.05, 0) is 49.3 Å². The summed E-state index contributed by atoms with van der Waals surface area (Å²) < 4.78 is 1.62. The van der Waals surface area contributed by atoms with Gasteiger partial charge in [-0.25, -0.2) is 4.98 Å². The standard InChI is InChI=1S/C32H35N7O6S4/c33-31-35-21(15-47-31)25(37-45-19-3-1-2-4-19)27(41)36-26-28(42)39-16-32(30(43)44,17-48-29(26)39)7-12-46-24-14-22(40)20-6-5-18(13-23(20)49-24)38-10-8-34-9-11-38/h5-7,12-15,19,26,29,34H,1-4,8-11,16-17H2,(H2,33,35)(H,36,41)(H,43,44)/t26?,29-,32?/m1/s1. The van der Waals surface area contributed by atoms with Gasteiger partial charge in [-0.3, -0.25) is 19.2 Å². The van der Waals surface area contributed by atoms with Crippen molar-refractivity contribution in [3.05, 3.63) is 57.0 Å². The molecule has 1 saturated carbocycles. The number of anilines is 2. The summed E-state index contributed by atoms with van der Waals surface area (Å²) in [5, 5.41) is 24.4. The van der Waals surface area contributed by atoms with E-state index in [4.69, 9.17) is 10.6 Å². The van der Waals surface area contributed by atoms with Gasteiger partial charge in [-0.15, -0.1) is 34.4 Å². The molecule has 1 aliphatic carbocycles. The van der Waals surface area contributed by atoms with Gasteiger partial charge in [-0.2, -0.15) is 0 Å². The molecule has 0 radical (unpaired) electrons. The van der Waals surface area contributed by atoms with E-state index in [0.29, 0.717) is 5.39 Å². The van der Waals surface area contributed by atoms with Gasteiger partial charge in [-0.1, -0.05) is 23.0 Å². The topological polar surface area (TPSA) is 180 Å². The number of aromatic nitrogens is 1. The number of hydrogen-bond acceptors (Lipinski definition) is 14. The van der Waals surface area contributed by atoms with Gasteiger partial charge < -0.3 is 36.1 Å². The van der Waals surface area contributed by atoms with E-state index < -0.39 is 28.7 Å². The number of piperazine rings is 1. The van der Waals surface area contributed by atoms with Crippen LogP contribution in [0.5, 0.6) is 0 Å². The lowest BCUT2D eigenvalue weighted by Crippen LogP contribution is -2.73. The molecule has 2 aromatic heterocycles. The summed E-state index contributed by atoms with van der Waals surface area (Å²) in [6.45, 7) is 3.57. The number of nitrogen functional groups attached to an aromatic ring is 1. The zero-order valence-corrected chi connectivity index (χ0v) is 29.6. The summed E-state index contributed by atoms with van der Waals surface area (Å²) in [5.74, 6) is -1.85. The minimum atomic E-state index is -1.34. The minimum Gasteiger partial charge on any atom is -0.481 e. The Bertz CT molecular complexity index is 1890. The number of hydrogen-bond donors (Lipinski definition) is 4. The van der Waals surface area contributed by atoms with Gasteiger partial charge in [0.25, 0.3) is 5.91 Å². The number of thiazole rings is 1. The van der Waals surface area contributed by atoms with E-state index in [1.807, 2.05) is 18.2 Å². The number of carboxylic acids is 1. The number of benzene rings is 1. The van der Waals surface area contributed by atoms with Crippen molar-refractivity contribution < 1.29 is 24.3 Å². The third-order valence-corrected chi connectivity index (χ3v) is 13.4. The number of nitrogens with two attached hydrogens (primary N) is 1. The second kappa shape index (κ2) is 14.3. The highest BCUT2D eigenvalue weighted by Gasteiger charge is 2.57. The molecule has 4 aliphatic rings. The molecule has 5 heterocycles. The van der Waals surface area contributed by atoms with Crippen LogP contribution < -0.4 is 26.7 Å². The first kappa shape index (κ1) is 33.8. The Labute approximate surface area is 298 Å². The van der Waals surface area contributed by atoms with Crippen LogP contribution in [0.15, 0.2) is 55.3 Å². The predicted molar refractivity (Wildman–Crippen MR) is 195 cm³/mol. The molecule has 3 aromatic rings. The molecule has 4 fully saturated rings. The van der Waals surface area contributed by atoms with E-state index in [1.165, 1.54) is 51.1 Å². The molecule has 2 unspecified atom stereocenters. The average molecular weight is 742 g/mol. The first-order chi connectivity index (χ1) is 23.7. The molecule has 0 bridgehead atoms. The van der Waals surface area contributed by atoms with Crippen LogP contribution in [0, 0.1) is 5.41 Å². The van der Waals surface area contributed by atoms with E-state index in [0.717, 1.165) is 66.5 Å². The van der Waals surface area contributed by atoms with Crippen molar-refractivity contribution in [3.8, 4) is 0 Å². The Balaban J connectivity index is 1.02. The first-order valence-corrected chi connectivity index (χ1v) is 19.6. The lowest BCUT2D eigenvalue weighted by Gasteiger charge is -2.53. The summed E-state index contributed by atoms with van der Waals surface area (Å²) in [6, 6.07) is 6.63. The van der Waals surface area contributed by atoms with Crippen molar-refractivity contribution in [1.82, 2.24) is 20.5 Å². The summed E-state index contributed by atoms with van der Waals surface area (Å²) in [7, 11) is 0. The number of aliphatic carboxylic acids is 1. The van der Waals surface area contributed by atoms with E-state index in [2.05, 4.69) is 25.7 Å². The SMILES string of the molecule is Nc1nc(C(=NOC2CCCC2)C(=O)NC2C(=O)N3CC(C=CSc4cc(=O)c5ccc(N6CCNCC6)cc5s4)(C(=O)O)CS[C@H]23)cs1. The maximum atomic E-state index is 13.4. The van der Waals surface area contributed by atoms with Crippen molar-refractivity contribution in [2.45, 2.75) is 47.4 Å². The number of fused-ring (bicyclic) bond motifs is 2. The van der Waals surface area contributed by atoms with E-state index >= 15 is 0 Å². The van der Waals surface area contributed by atoms with Crippen LogP contribution in [0.4, 0.5) is 10.8 Å². The van der Waals surface area contributed by atoms with Crippen LogP contribution >= 0.6 is 46.2 Å². The Morgan fingerprint density at radius 2 is 2.00 bits per heavy atom. The van der Waals surface area contributed by atoms with E-state index in [-0.39, 0.29) is 46.3 Å². The quantitative estimate of drug-likeness (QED) is 0.103. The predicted octanol–water partition coefficient (Wildman–Crippen LogP) is 3.15. The zero-order chi connectivity index (χ0) is 34.1. The van der Waals surface area contributed by atoms with Crippen LogP contribution in [-0.2, 0) is 19.2 Å². The van der Waals surface area contributed by atoms with Gasteiger partial charge in [0, 0.05) is 65.7 Å². The minimum absolute atomic E-state index is 0.0430. The normalized spacial score (nSPS) is 24.7. The third kappa shape index (κ3) is 7.04. The van der Waals surface area contributed by atoms with Crippen LogP contribution in [0.1, 0.15) is 31.4 Å². The Hall–Kier alpha value is -3.64. The molecule has 7 rings (SSSR count). The second-order valence-corrected chi connectivity index (χ2v) is 16.7. The second-order valence-electron chi connectivity index (χ2n) is 12.4. The maximum Gasteiger partial charge on any atom is 0.316 e. The zero-order valence-electron chi connectivity index (χ0n) is 26.3. The summed E-state index contributed by atoms with van der Waals surface area (Å²) in [5.41, 5.74) is 5.67. The van der Waals surface area contributed by atoms with Gasteiger partial charge >= 0.3 is 5.97 Å². The molecule has 17 heteroatoms. The molecule has 3 aliphatic heterocycles. The summed E-state index contributed by atoms with van der Waals surface area (Å²) in [4.78, 5) is 65.9. The molecule has 0 spiro atoms. The third-order valence-electron chi connectivity index (χ3n) is 9.14. The lowest BCUT2D eigenvalue weighted by molar-refractivity contribution is -0.156. The highest BCUT2D eigenvalue weighted by atomic mass is 32.2. The number of β-lactam (4-membered cyclic amide) rings is 1. The fourth-order valence-corrected chi connectivity index (χ4v) is 10.5. The number of amides is 2. The molecule has 1 aromatic carbocycles. The average Bonchev–Trinajstić information content (AvgIpc) is 3.79.